The highest BCUT2D eigenvalue weighted by atomic mass is 35.5. The van der Waals surface area contributed by atoms with E-state index in [1.165, 1.54) is 0 Å². The van der Waals surface area contributed by atoms with E-state index in [1.54, 1.807) is 22.9 Å². The third-order valence-electron chi connectivity index (χ3n) is 4.71. The van der Waals surface area contributed by atoms with Crippen LogP contribution in [0.25, 0.3) is 0 Å². The fraction of sp³-hybridized carbons (Fsp3) is 0.150. The zero-order chi connectivity index (χ0) is 20.9. The number of carbonyl (C=O) groups excluding carboxylic acids is 1. The second kappa shape index (κ2) is 7.37. The number of amides is 2. The number of halogens is 2. The molecule has 1 aromatic heterocycles. The largest absolute Gasteiger partial charge is 0.459 e. The molecule has 150 valence electrons. The molecule has 9 heteroatoms. The first-order valence-corrected chi connectivity index (χ1v) is 12.3. The molecule has 0 fully saturated rings. The van der Waals surface area contributed by atoms with Gasteiger partial charge < -0.3 is 14.6 Å². The lowest BCUT2D eigenvalue weighted by Crippen LogP contribution is -2.44. The Morgan fingerprint density at radius 1 is 1.07 bits per heavy atom. The minimum Gasteiger partial charge on any atom is -0.459 e. The van der Waals surface area contributed by atoms with Crippen molar-refractivity contribution < 1.29 is 9.21 Å². The van der Waals surface area contributed by atoms with Gasteiger partial charge in [-0.3, -0.25) is 4.67 Å². The number of fused-ring (bicyclic) bond motifs is 1. The van der Waals surface area contributed by atoms with Gasteiger partial charge in [-0.25, -0.2) is 4.79 Å². The highest BCUT2D eigenvalue weighted by Gasteiger charge is 2.43. The van der Waals surface area contributed by atoms with Crippen LogP contribution in [0.5, 0.6) is 0 Å². The summed E-state index contributed by atoms with van der Waals surface area (Å²) in [5, 5.41) is 4.58. The van der Waals surface area contributed by atoms with E-state index >= 15 is 0 Å². The van der Waals surface area contributed by atoms with Crippen LogP contribution >= 0.6 is 29.4 Å². The van der Waals surface area contributed by atoms with Crippen LogP contribution < -0.4 is 25.7 Å². The molecular formula is C20H18Cl2N3O2PS. The van der Waals surface area contributed by atoms with Gasteiger partial charge in [0.1, 0.15) is 11.9 Å². The van der Waals surface area contributed by atoms with Crippen molar-refractivity contribution in [1.29, 1.82) is 0 Å². The molecule has 1 atom stereocenters. The molecule has 2 heterocycles. The summed E-state index contributed by atoms with van der Waals surface area (Å²) in [6, 6.07) is 14.3. The van der Waals surface area contributed by atoms with Crippen LogP contribution in [-0.4, -0.2) is 20.1 Å². The van der Waals surface area contributed by atoms with E-state index in [4.69, 9.17) is 39.4 Å². The predicted molar refractivity (Wildman–Crippen MR) is 126 cm³/mol. The van der Waals surface area contributed by atoms with Crippen molar-refractivity contribution >= 4 is 75.1 Å². The highest BCUT2D eigenvalue weighted by Crippen LogP contribution is 2.55. The van der Waals surface area contributed by atoms with Gasteiger partial charge in [0.25, 0.3) is 0 Å². The Hall–Kier alpha value is -1.98. The molecule has 3 aromatic rings. The van der Waals surface area contributed by atoms with Gasteiger partial charge in [-0.05, 0) is 55.5 Å². The van der Waals surface area contributed by atoms with Crippen molar-refractivity contribution in [3.8, 4) is 0 Å². The van der Waals surface area contributed by atoms with E-state index in [2.05, 4.69) is 5.32 Å². The number of urea groups is 1. The Labute approximate surface area is 184 Å². The third-order valence-corrected chi connectivity index (χ3v) is 9.93. The SMILES string of the molecule is Cc1ccc(P2(=S)c3ccc(N(C)C)cc3NC(=O)N2c2ccc(Cl)c(Cl)c2)o1. The average molecular weight is 466 g/mol. The summed E-state index contributed by atoms with van der Waals surface area (Å²) in [6.45, 7) is 1.86. The third kappa shape index (κ3) is 3.34. The van der Waals surface area contributed by atoms with Crippen molar-refractivity contribution in [2.45, 2.75) is 6.92 Å². The molecule has 2 amide bonds. The van der Waals surface area contributed by atoms with Crippen LogP contribution in [0.2, 0.25) is 10.0 Å². The molecule has 5 nitrogen and oxygen atoms in total. The van der Waals surface area contributed by atoms with Gasteiger partial charge >= 0.3 is 6.03 Å². The van der Waals surface area contributed by atoms with E-state index in [-0.39, 0.29) is 6.03 Å². The van der Waals surface area contributed by atoms with Gasteiger partial charge in [0, 0.05) is 25.1 Å². The molecule has 0 radical (unpaired) electrons. The number of aryl methyl sites for hydroxylation is 1. The second-order valence-electron chi connectivity index (χ2n) is 6.90. The number of benzene rings is 2. The lowest BCUT2D eigenvalue weighted by molar-refractivity contribution is 0.260. The minimum atomic E-state index is -2.84. The Bertz CT molecular complexity index is 1180. The van der Waals surface area contributed by atoms with Crippen LogP contribution in [0.15, 0.2) is 52.9 Å². The number of rotatable bonds is 3. The second-order valence-corrected chi connectivity index (χ2v) is 11.8. The van der Waals surface area contributed by atoms with E-state index in [0.29, 0.717) is 26.9 Å². The smallest absolute Gasteiger partial charge is 0.330 e. The maximum absolute atomic E-state index is 13.3. The molecule has 0 saturated heterocycles. The molecule has 1 N–H and O–H groups in total. The first kappa shape index (κ1) is 20.3. The number of hydrogen-bond donors (Lipinski definition) is 1. The summed E-state index contributed by atoms with van der Waals surface area (Å²) in [5.41, 5.74) is 2.81. The molecule has 0 aliphatic carbocycles. The number of nitrogens with one attached hydrogen (secondary N) is 1. The number of anilines is 3. The standard InChI is InChI=1S/C20H18Cl2N3O2PS/c1-12-4-9-19(27-12)28(29)18-8-6-13(24(2)3)11-17(18)23-20(26)25(28)14-5-7-15(21)16(22)10-14/h4-11H,1-3H3,(H,23,26). The fourth-order valence-electron chi connectivity index (χ4n) is 3.27. The maximum atomic E-state index is 13.3. The van der Waals surface area contributed by atoms with E-state index in [9.17, 15) is 4.79 Å². The topological polar surface area (TPSA) is 48.7 Å². The number of carbonyl (C=O) groups is 1. The summed E-state index contributed by atoms with van der Waals surface area (Å²) in [5.74, 6) is 0.732. The molecule has 0 spiro atoms. The lowest BCUT2D eigenvalue weighted by Gasteiger charge is -2.39. The van der Waals surface area contributed by atoms with Gasteiger partial charge in [0.15, 0.2) is 5.50 Å². The van der Waals surface area contributed by atoms with Gasteiger partial charge in [-0.15, -0.1) is 0 Å². The lowest BCUT2D eigenvalue weighted by atomic mass is 10.2. The van der Waals surface area contributed by atoms with Crippen molar-refractivity contribution in [3.05, 3.63) is 64.3 Å². The Morgan fingerprint density at radius 3 is 2.45 bits per heavy atom. The molecule has 2 aromatic carbocycles. The molecule has 0 bridgehead atoms. The van der Waals surface area contributed by atoms with Gasteiger partial charge in [0.05, 0.1) is 21.4 Å². The summed E-state index contributed by atoms with van der Waals surface area (Å²) < 4.78 is 7.55. The van der Waals surface area contributed by atoms with Gasteiger partial charge in [-0.2, -0.15) is 0 Å². The Morgan fingerprint density at radius 2 is 1.83 bits per heavy atom. The monoisotopic (exact) mass is 465 g/mol. The summed E-state index contributed by atoms with van der Waals surface area (Å²) >= 11 is 18.6. The van der Waals surface area contributed by atoms with E-state index < -0.39 is 6.19 Å². The van der Waals surface area contributed by atoms with Crippen molar-refractivity contribution in [1.82, 2.24) is 0 Å². The predicted octanol–water partition coefficient (Wildman–Crippen LogP) is 5.36. The van der Waals surface area contributed by atoms with Gasteiger partial charge in [-0.1, -0.05) is 35.0 Å². The summed E-state index contributed by atoms with van der Waals surface area (Å²) in [4.78, 5) is 15.2. The van der Waals surface area contributed by atoms with E-state index in [1.807, 2.05) is 56.3 Å². The van der Waals surface area contributed by atoms with Crippen LogP contribution in [0.3, 0.4) is 0 Å². The van der Waals surface area contributed by atoms with Crippen LogP contribution in [-0.2, 0) is 11.8 Å². The molecule has 4 rings (SSSR count). The molecule has 0 saturated carbocycles. The van der Waals surface area contributed by atoms with Crippen molar-refractivity contribution in [2.75, 3.05) is 29.0 Å². The number of nitrogens with zero attached hydrogens (tertiary/aromatic N) is 2. The first-order valence-electron chi connectivity index (χ1n) is 8.77. The number of furan rings is 1. The fourth-order valence-corrected chi connectivity index (χ4v) is 7.51. The number of hydrogen-bond acceptors (Lipinski definition) is 4. The molecular weight excluding hydrogens is 448 g/mol. The average Bonchev–Trinajstić information content (AvgIpc) is 3.11. The van der Waals surface area contributed by atoms with Crippen molar-refractivity contribution in [3.63, 3.8) is 0 Å². The molecule has 1 aliphatic heterocycles. The zero-order valence-corrected chi connectivity index (χ0v) is 19.2. The molecule has 1 unspecified atom stereocenters. The van der Waals surface area contributed by atoms with Crippen LogP contribution in [0.4, 0.5) is 21.9 Å². The minimum absolute atomic E-state index is 0.329. The Kier molecular flexibility index (Phi) is 5.16. The van der Waals surface area contributed by atoms with Crippen LogP contribution in [0.1, 0.15) is 5.76 Å². The molecule has 1 aliphatic rings. The Balaban J connectivity index is 1.99. The first-order chi connectivity index (χ1) is 13.7. The zero-order valence-electron chi connectivity index (χ0n) is 15.9. The normalized spacial score (nSPS) is 18.4. The summed E-state index contributed by atoms with van der Waals surface area (Å²) in [6.07, 6.45) is -2.84. The molecule has 29 heavy (non-hydrogen) atoms. The van der Waals surface area contributed by atoms with Gasteiger partial charge in [0.2, 0.25) is 0 Å². The van der Waals surface area contributed by atoms with Crippen molar-refractivity contribution in [2.24, 2.45) is 0 Å². The highest BCUT2D eigenvalue weighted by molar-refractivity contribution is 8.23. The van der Waals surface area contributed by atoms with Crippen LogP contribution in [0, 0.1) is 6.92 Å². The van der Waals surface area contributed by atoms with E-state index in [0.717, 1.165) is 16.8 Å². The summed E-state index contributed by atoms with van der Waals surface area (Å²) in [7, 11) is 3.89. The maximum Gasteiger partial charge on any atom is 0.330 e. The quantitative estimate of drug-likeness (QED) is 0.529.